The number of carbonyl (C=O) groups is 2. The van der Waals surface area contributed by atoms with E-state index in [-0.39, 0.29) is 56.7 Å². The Morgan fingerprint density at radius 1 is 1.11 bits per heavy atom. The first-order valence-electron chi connectivity index (χ1n) is 11.4. The van der Waals surface area contributed by atoms with Crippen LogP contribution in [-0.4, -0.2) is 62.8 Å². The number of piperidine rings is 1. The largest absolute Gasteiger partial charge is 0.481 e. The maximum absolute atomic E-state index is 15.5. The average Bonchev–Trinajstić information content (AvgIpc) is 3.67. The van der Waals surface area contributed by atoms with Gasteiger partial charge in [-0.3, -0.25) is 4.79 Å². The number of hydrogen-bond donors (Lipinski definition) is 3. The Morgan fingerprint density at radius 3 is 2.28 bits per heavy atom. The molecule has 2 aromatic rings. The molecule has 0 spiro atoms. The van der Waals surface area contributed by atoms with E-state index in [1.165, 1.54) is 12.1 Å². The van der Waals surface area contributed by atoms with Crippen molar-refractivity contribution in [2.24, 2.45) is 5.41 Å². The van der Waals surface area contributed by atoms with Gasteiger partial charge in [0.05, 0.1) is 11.0 Å². The lowest BCUT2D eigenvalue weighted by Gasteiger charge is -2.37. The van der Waals surface area contributed by atoms with Gasteiger partial charge >= 0.3 is 18.2 Å². The van der Waals surface area contributed by atoms with Gasteiger partial charge in [0.15, 0.2) is 11.6 Å². The number of aromatic nitrogens is 2. The van der Waals surface area contributed by atoms with Crippen molar-refractivity contribution in [3.63, 3.8) is 0 Å². The normalized spacial score (nSPS) is 17.5. The summed E-state index contributed by atoms with van der Waals surface area (Å²) in [5.74, 6) is -2.13. The van der Waals surface area contributed by atoms with Crippen LogP contribution in [0.15, 0.2) is 30.6 Å². The molecule has 4 rings (SSSR count). The van der Waals surface area contributed by atoms with E-state index in [0.717, 1.165) is 36.2 Å². The molecule has 0 bridgehead atoms. The molecule has 3 N–H and O–H groups in total. The van der Waals surface area contributed by atoms with Crippen molar-refractivity contribution in [1.82, 2.24) is 14.9 Å². The summed E-state index contributed by atoms with van der Waals surface area (Å²) < 4.78 is 54.1. The Morgan fingerprint density at radius 2 is 1.75 bits per heavy atom. The first kappa shape index (κ1) is 25.5. The fraction of sp³-hybridized carbons (Fsp3) is 0.478. The van der Waals surface area contributed by atoms with E-state index < -0.39 is 35.0 Å². The zero-order valence-electron chi connectivity index (χ0n) is 19.1. The van der Waals surface area contributed by atoms with E-state index in [9.17, 15) is 27.9 Å². The monoisotopic (exact) mass is 511 g/mol. The Hall–Kier alpha value is -3.64. The van der Waals surface area contributed by atoms with Gasteiger partial charge in [0, 0.05) is 32.2 Å². The van der Waals surface area contributed by atoms with Crippen LogP contribution in [-0.2, 0) is 17.5 Å². The van der Waals surface area contributed by atoms with Crippen LogP contribution in [0.25, 0.3) is 0 Å². The summed E-state index contributed by atoms with van der Waals surface area (Å²) in [5.41, 5.74) is -1.51. The molecule has 13 heteroatoms. The number of rotatable bonds is 8. The molecule has 1 saturated heterocycles. The zero-order chi connectivity index (χ0) is 26.1. The molecule has 1 aliphatic heterocycles. The third kappa shape index (κ3) is 5.44. The number of carboxylic acids is 1. The average molecular weight is 511 g/mol. The predicted molar refractivity (Wildman–Crippen MR) is 120 cm³/mol. The third-order valence-electron chi connectivity index (χ3n) is 6.70. The van der Waals surface area contributed by atoms with Crippen LogP contribution < -0.4 is 10.2 Å². The fourth-order valence-electron chi connectivity index (χ4n) is 4.29. The van der Waals surface area contributed by atoms with E-state index in [2.05, 4.69) is 15.3 Å². The summed E-state index contributed by atoms with van der Waals surface area (Å²) in [6.45, 7) is 0.0680. The quantitative estimate of drug-likeness (QED) is 0.454. The van der Waals surface area contributed by atoms with Crippen LogP contribution in [0.2, 0.25) is 0 Å². The summed E-state index contributed by atoms with van der Waals surface area (Å²) in [5, 5.41) is 21.7. The topological polar surface area (TPSA) is 119 Å². The number of anilines is 2. The first-order chi connectivity index (χ1) is 17.0. The molecule has 194 valence electrons. The van der Waals surface area contributed by atoms with Gasteiger partial charge in [0.25, 0.3) is 0 Å². The molecule has 2 fully saturated rings. The number of nitrogens with zero attached hydrogens (tertiary/aromatic N) is 4. The third-order valence-corrected chi connectivity index (χ3v) is 6.70. The van der Waals surface area contributed by atoms with Gasteiger partial charge in [-0.15, -0.1) is 0 Å². The van der Waals surface area contributed by atoms with Crippen molar-refractivity contribution >= 4 is 23.7 Å². The highest BCUT2D eigenvalue weighted by atomic mass is 19.4. The standard InChI is InChI=1S/C23H25F4N5O4/c24-17-18(28-12-22(20(33)34)7-9-31(10-8-22)21(35)36)29-13-30-19(17)32(16-5-6-16)11-14-1-3-15(4-2-14)23(25,26)27/h1-4,13,16H,5-12H2,(H,33,34)(H,35,36)(H,28,29,30). The number of carboxylic acid groups (broad SMARTS) is 2. The zero-order valence-corrected chi connectivity index (χ0v) is 19.1. The summed E-state index contributed by atoms with van der Waals surface area (Å²) in [7, 11) is 0. The number of amides is 1. The van der Waals surface area contributed by atoms with Gasteiger partial charge in [-0.25, -0.2) is 14.8 Å². The molecular weight excluding hydrogens is 486 g/mol. The minimum atomic E-state index is -4.45. The molecular formula is C23H25F4N5O4. The lowest BCUT2D eigenvalue weighted by Crippen LogP contribution is -2.49. The highest BCUT2D eigenvalue weighted by Gasteiger charge is 2.43. The molecule has 0 radical (unpaired) electrons. The highest BCUT2D eigenvalue weighted by molar-refractivity contribution is 5.76. The van der Waals surface area contributed by atoms with Crippen LogP contribution in [0.4, 0.5) is 34.0 Å². The maximum atomic E-state index is 15.5. The van der Waals surface area contributed by atoms with Crippen molar-refractivity contribution in [3.05, 3.63) is 47.5 Å². The fourth-order valence-corrected chi connectivity index (χ4v) is 4.29. The number of nitrogens with one attached hydrogen (secondary N) is 1. The summed E-state index contributed by atoms with van der Waals surface area (Å²) in [4.78, 5) is 34.0. The number of halogens is 4. The number of hydrogen-bond acceptors (Lipinski definition) is 6. The molecule has 36 heavy (non-hydrogen) atoms. The lowest BCUT2D eigenvalue weighted by molar-refractivity contribution is -0.150. The number of benzene rings is 1. The van der Waals surface area contributed by atoms with Crippen molar-refractivity contribution < 1.29 is 37.4 Å². The molecule has 1 aliphatic carbocycles. The van der Waals surface area contributed by atoms with E-state index in [1.807, 2.05) is 0 Å². The molecule has 2 aliphatic rings. The molecule has 2 heterocycles. The molecule has 0 unspecified atom stereocenters. The van der Waals surface area contributed by atoms with Gasteiger partial charge in [0.1, 0.15) is 6.33 Å². The summed E-state index contributed by atoms with van der Waals surface area (Å²) >= 11 is 0. The van der Waals surface area contributed by atoms with Crippen molar-refractivity contribution in [3.8, 4) is 0 Å². The number of likely N-dealkylation sites (tertiary alicyclic amines) is 1. The molecule has 1 aromatic carbocycles. The van der Waals surface area contributed by atoms with Crippen LogP contribution in [0.3, 0.4) is 0 Å². The van der Waals surface area contributed by atoms with Crippen LogP contribution in [0.5, 0.6) is 0 Å². The smallest absolute Gasteiger partial charge is 0.416 e. The highest BCUT2D eigenvalue weighted by Crippen LogP contribution is 2.37. The first-order valence-corrected chi connectivity index (χ1v) is 11.4. The van der Waals surface area contributed by atoms with Gasteiger partial charge in [-0.1, -0.05) is 12.1 Å². The molecule has 1 amide bonds. The maximum Gasteiger partial charge on any atom is 0.416 e. The van der Waals surface area contributed by atoms with Gasteiger partial charge < -0.3 is 25.3 Å². The predicted octanol–water partition coefficient (Wildman–Crippen LogP) is 4.06. The van der Waals surface area contributed by atoms with Crippen LogP contribution in [0, 0.1) is 11.2 Å². The Kier molecular flexibility index (Phi) is 6.92. The molecule has 1 aromatic heterocycles. The Bertz CT molecular complexity index is 1120. The number of alkyl halides is 3. The van der Waals surface area contributed by atoms with E-state index in [4.69, 9.17) is 5.11 Å². The van der Waals surface area contributed by atoms with E-state index >= 15 is 4.39 Å². The van der Waals surface area contributed by atoms with Crippen molar-refractivity contribution in [2.75, 3.05) is 29.9 Å². The second-order valence-electron chi connectivity index (χ2n) is 9.12. The SMILES string of the molecule is O=C(O)N1CCC(CNc2ncnc(N(Cc3ccc(C(F)(F)F)cc3)C3CC3)c2F)(C(=O)O)CC1. The summed E-state index contributed by atoms with van der Waals surface area (Å²) in [6.07, 6.45) is -2.77. The molecule has 0 atom stereocenters. The summed E-state index contributed by atoms with van der Waals surface area (Å²) in [6, 6.07) is 4.61. The second kappa shape index (κ2) is 9.78. The minimum Gasteiger partial charge on any atom is -0.481 e. The van der Waals surface area contributed by atoms with Crippen molar-refractivity contribution in [2.45, 2.75) is 44.4 Å². The van der Waals surface area contributed by atoms with E-state index in [1.54, 1.807) is 4.90 Å². The van der Waals surface area contributed by atoms with Crippen LogP contribution in [0.1, 0.15) is 36.8 Å². The lowest BCUT2D eigenvalue weighted by atomic mass is 9.78. The van der Waals surface area contributed by atoms with E-state index in [0.29, 0.717) is 5.56 Å². The molecule has 9 nitrogen and oxygen atoms in total. The Balaban J connectivity index is 1.50. The van der Waals surface area contributed by atoms with Gasteiger partial charge in [-0.05, 0) is 43.4 Å². The Labute approximate surface area is 203 Å². The van der Waals surface area contributed by atoms with Crippen LogP contribution >= 0.6 is 0 Å². The van der Waals surface area contributed by atoms with Gasteiger partial charge in [0.2, 0.25) is 5.82 Å². The minimum absolute atomic E-state index is 0.0278. The number of aliphatic carboxylic acids is 1. The van der Waals surface area contributed by atoms with Gasteiger partial charge in [-0.2, -0.15) is 17.6 Å². The van der Waals surface area contributed by atoms with Crippen molar-refractivity contribution in [1.29, 1.82) is 0 Å². The molecule has 1 saturated carbocycles. The second-order valence-corrected chi connectivity index (χ2v) is 9.12.